The molecule has 3 aromatic rings. The Balaban J connectivity index is 2.05. The van der Waals surface area contributed by atoms with Gasteiger partial charge in [0.2, 0.25) is 0 Å². The van der Waals surface area contributed by atoms with Crippen LogP contribution in [0.25, 0.3) is 11.0 Å². The van der Waals surface area contributed by atoms with Crippen molar-refractivity contribution in [1.82, 2.24) is 29.8 Å². The number of rotatable bonds is 2. The van der Waals surface area contributed by atoms with Crippen LogP contribution in [0, 0.1) is 11.3 Å². The van der Waals surface area contributed by atoms with Crippen LogP contribution in [0.15, 0.2) is 29.3 Å². The Labute approximate surface area is 112 Å². The van der Waals surface area contributed by atoms with Crippen LogP contribution in [0.3, 0.4) is 0 Å². The van der Waals surface area contributed by atoms with Gasteiger partial charge in [0.25, 0.3) is 5.56 Å². The Morgan fingerprint density at radius 1 is 1.45 bits per heavy atom. The van der Waals surface area contributed by atoms with Crippen molar-refractivity contribution in [2.24, 2.45) is 7.05 Å². The first-order valence-corrected chi connectivity index (χ1v) is 5.79. The number of hydrogen-bond donors (Lipinski definition) is 0. The fourth-order valence-electron chi connectivity index (χ4n) is 1.89. The van der Waals surface area contributed by atoms with Crippen LogP contribution in [0.1, 0.15) is 11.3 Å². The van der Waals surface area contributed by atoms with Crippen LogP contribution in [-0.2, 0) is 13.6 Å². The summed E-state index contributed by atoms with van der Waals surface area (Å²) in [5.41, 5.74) is 1.24. The molecule has 3 heterocycles. The van der Waals surface area contributed by atoms with Crippen LogP contribution < -0.4 is 5.56 Å². The molecule has 0 saturated carbocycles. The Bertz CT molecular complexity index is 887. The summed E-state index contributed by atoms with van der Waals surface area (Å²) in [7, 11) is 1.70. The van der Waals surface area contributed by atoms with Gasteiger partial charge in [0.1, 0.15) is 17.1 Å². The first kappa shape index (κ1) is 12.0. The van der Waals surface area contributed by atoms with Gasteiger partial charge in [0.15, 0.2) is 5.65 Å². The molecule has 0 radical (unpaired) electrons. The van der Waals surface area contributed by atoms with E-state index >= 15 is 0 Å². The highest BCUT2D eigenvalue weighted by Gasteiger charge is 2.10. The molecule has 0 saturated heterocycles. The van der Waals surface area contributed by atoms with E-state index in [1.165, 1.54) is 21.8 Å². The lowest BCUT2D eigenvalue weighted by molar-refractivity contribution is 0.595. The Morgan fingerprint density at radius 2 is 2.30 bits per heavy atom. The SMILES string of the molecule is Cn1ncc2c(=O)n(Cc3ccnc(C#N)c3)nnc21. The highest BCUT2D eigenvalue weighted by molar-refractivity contribution is 5.72. The largest absolute Gasteiger partial charge is 0.281 e. The van der Waals surface area contributed by atoms with E-state index in [-0.39, 0.29) is 12.1 Å². The second kappa shape index (κ2) is 4.55. The van der Waals surface area contributed by atoms with E-state index in [9.17, 15) is 4.79 Å². The molecule has 20 heavy (non-hydrogen) atoms. The topological polar surface area (TPSA) is 102 Å². The zero-order valence-corrected chi connectivity index (χ0v) is 10.6. The molecule has 0 aliphatic carbocycles. The van der Waals surface area contributed by atoms with Gasteiger partial charge in [-0.05, 0) is 17.7 Å². The van der Waals surface area contributed by atoms with E-state index in [0.29, 0.717) is 16.7 Å². The third kappa shape index (κ3) is 1.91. The average molecular weight is 267 g/mol. The minimum Gasteiger partial charge on any atom is -0.267 e. The molecule has 0 aliphatic heterocycles. The molecule has 0 aromatic carbocycles. The second-order valence-corrected chi connectivity index (χ2v) is 4.22. The fraction of sp³-hybridized carbons (Fsp3) is 0.167. The summed E-state index contributed by atoms with van der Waals surface area (Å²) >= 11 is 0. The standard InChI is InChI=1S/C12H9N7O/c1-18-11-10(6-15-18)12(20)19(17-16-11)7-8-2-3-14-9(4-8)5-13/h2-4,6H,7H2,1H3. The molecule has 8 nitrogen and oxygen atoms in total. The zero-order chi connectivity index (χ0) is 14.1. The zero-order valence-electron chi connectivity index (χ0n) is 10.6. The summed E-state index contributed by atoms with van der Waals surface area (Å²) in [5.74, 6) is 0. The summed E-state index contributed by atoms with van der Waals surface area (Å²) in [6, 6.07) is 5.29. The van der Waals surface area contributed by atoms with Crippen molar-refractivity contribution >= 4 is 11.0 Å². The summed E-state index contributed by atoms with van der Waals surface area (Å²) in [5, 5.41) is 21.1. The van der Waals surface area contributed by atoms with Crippen molar-refractivity contribution in [2.75, 3.05) is 0 Å². The summed E-state index contributed by atoms with van der Waals surface area (Å²) in [4.78, 5) is 16.1. The van der Waals surface area contributed by atoms with Crippen LogP contribution in [0.4, 0.5) is 0 Å². The van der Waals surface area contributed by atoms with Gasteiger partial charge in [0.05, 0.1) is 12.7 Å². The van der Waals surface area contributed by atoms with E-state index in [1.54, 1.807) is 19.2 Å². The Hall–Kier alpha value is -3.08. The van der Waals surface area contributed by atoms with Crippen molar-refractivity contribution < 1.29 is 0 Å². The molecule has 0 atom stereocenters. The quantitative estimate of drug-likeness (QED) is 0.639. The number of hydrogen-bond acceptors (Lipinski definition) is 6. The molecule has 0 fully saturated rings. The highest BCUT2D eigenvalue weighted by atomic mass is 16.1. The molecule has 0 bridgehead atoms. The number of nitrogens with zero attached hydrogens (tertiary/aromatic N) is 7. The second-order valence-electron chi connectivity index (χ2n) is 4.22. The summed E-state index contributed by atoms with van der Waals surface area (Å²) < 4.78 is 2.73. The molecule has 3 rings (SSSR count). The molecule has 0 N–H and O–H groups in total. The van der Waals surface area contributed by atoms with E-state index in [2.05, 4.69) is 20.4 Å². The van der Waals surface area contributed by atoms with E-state index in [0.717, 1.165) is 5.56 Å². The molecule has 8 heteroatoms. The smallest absolute Gasteiger partial charge is 0.267 e. The number of aryl methyl sites for hydroxylation is 1. The molecule has 0 spiro atoms. The van der Waals surface area contributed by atoms with Gasteiger partial charge in [-0.25, -0.2) is 14.3 Å². The van der Waals surface area contributed by atoms with Gasteiger partial charge in [0, 0.05) is 13.2 Å². The lowest BCUT2D eigenvalue weighted by Gasteiger charge is -2.03. The molecular formula is C12H9N7O. The molecule has 0 unspecified atom stereocenters. The minimum absolute atomic E-state index is 0.230. The predicted octanol–water partition coefficient (Wildman–Crippen LogP) is -0.160. The van der Waals surface area contributed by atoms with Crippen molar-refractivity contribution in [3.63, 3.8) is 0 Å². The predicted molar refractivity (Wildman–Crippen MR) is 68.6 cm³/mol. The van der Waals surface area contributed by atoms with Crippen molar-refractivity contribution in [1.29, 1.82) is 5.26 Å². The van der Waals surface area contributed by atoms with E-state index in [1.807, 2.05) is 6.07 Å². The Kier molecular flexibility index (Phi) is 2.72. The molecule has 0 amide bonds. The monoisotopic (exact) mass is 267 g/mol. The number of nitriles is 1. The number of aromatic nitrogens is 6. The summed E-state index contributed by atoms with van der Waals surface area (Å²) in [6.45, 7) is 0.230. The number of fused-ring (bicyclic) bond motifs is 1. The van der Waals surface area contributed by atoms with Crippen LogP contribution in [0.5, 0.6) is 0 Å². The van der Waals surface area contributed by atoms with Crippen molar-refractivity contribution in [2.45, 2.75) is 6.54 Å². The highest BCUT2D eigenvalue weighted by Crippen LogP contribution is 2.05. The van der Waals surface area contributed by atoms with Crippen molar-refractivity contribution in [3.05, 3.63) is 46.1 Å². The van der Waals surface area contributed by atoms with Gasteiger partial charge < -0.3 is 0 Å². The average Bonchev–Trinajstić information content (AvgIpc) is 2.84. The van der Waals surface area contributed by atoms with Gasteiger partial charge >= 0.3 is 0 Å². The fourth-order valence-corrected chi connectivity index (χ4v) is 1.89. The lowest BCUT2D eigenvalue weighted by atomic mass is 10.2. The number of pyridine rings is 1. The Morgan fingerprint density at radius 3 is 3.10 bits per heavy atom. The van der Waals surface area contributed by atoms with Gasteiger partial charge in [-0.2, -0.15) is 10.4 Å². The molecular weight excluding hydrogens is 258 g/mol. The van der Waals surface area contributed by atoms with Crippen LogP contribution in [0.2, 0.25) is 0 Å². The van der Waals surface area contributed by atoms with E-state index in [4.69, 9.17) is 5.26 Å². The third-order valence-electron chi connectivity index (χ3n) is 2.89. The van der Waals surface area contributed by atoms with Gasteiger partial charge in [-0.1, -0.05) is 5.21 Å². The van der Waals surface area contributed by atoms with Crippen LogP contribution in [-0.4, -0.2) is 29.8 Å². The maximum absolute atomic E-state index is 12.2. The van der Waals surface area contributed by atoms with Gasteiger partial charge in [-0.15, -0.1) is 5.10 Å². The maximum atomic E-state index is 12.2. The third-order valence-corrected chi connectivity index (χ3v) is 2.89. The summed E-state index contributed by atoms with van der Waals surface area (Å²) in [6.07, 6.45) is 2.99. The maximum Gasteiger partial charge on any atom is 0.281 e. The van der Waals surface area contributed by atoms with Gasteiger partial charge in [-0.3, -0.25) is 4.79 Å². The lowest BCUT2D eigenvalue weighted by Crippen LogP contribution is -2.24. The first-order valence-electron chi connectivity index (χ1n) is 5.79. The van der Waals surface area contributed by atoms with E-state index < -0.39 is 0 Å². The first-order chi connectivity index (χ1) is 9.69. The van der Waals surface area contributed by atoms with Crippen molar-refractivity contribution in [3.8, 4) is 6.07 Å². The molecule has 3 aromatic heterocycles. The minimum atomic E-state index is -0.265. The molecule has 0 aliphatic rings. The molecule has 98 valence electrons. The normalized spacial score (nSPS) is 10.6. The van der Waals surface area contributed by atoms with Crippen LogP contribution >= 0.6 is 0 Å².